The monoisotopic (exact) mass is 476 g/mol. The number of aryl methyl sites for hydroxylation is 2. The Morgan fingerprint density at radius 2 is 2.06 bits per heavy atom. The van der Waals surface area contributed by atoms with Gasteiger partial charge in [0.05, 0.1) is 16.8 Å². The van der Waals surface area contributed by atoms with Crippen LogP contribution in [-0.4, -0.2) is 27.9 Å². The lowest BCUT2D eigenvalue weighted by atomic mass is 9.88. The van der Waals surface area contributed by atoms with Crippen molar-refractivity contribution in [3.63, 3.8) is 0 Å². The Kier molecular flexibility index (Phi) is 6.85. The molecule has 3 aromatic rings. The van der Waals surface area contributed by atoms with E-state index in [9.17, 15) is 14.9 Å². The van der Waals surface area contributed by atoms with Crippen molar-refractivity contribution < 1.29 is 14.3 Å². The molecule has 0 bridgehead atoms. The van der Waals surface area contributed by atoms with Gasteiger partial charge in [-0.25, -0.2) is 9.78 Å². The molecular weight excluding hydrogens is 448 g/mol. The summed E-state index contributed by atoms with van der Waals surface area (Å²) in [6.07, 6.45) is 2.19. The number of rotatable bonds is 6. The molecule has 0 saturated heterocycles. The van der Waals surface area contributed by atoms with Crippen LogP contribution < -0.4 is 5.32 Å². The lowest BCUT2D eigenvalue weighted by Gasteiger charge is -2.17. The summed E-state index contributed by atoms with van der Waals surface area (Å²) in [5.74, 6) is 0.317. The van der Waals surface area contributed by atoms with E-state index in [0.29, 0.717) is 28.5 Å². The fourth-order valence-electron chi connectivity index (χ4n) is 4.12. The molecule has 176 valence electrons. The highest BCUT2D eigenvalue weighted by Gasteiger charge is 2.28. The molecule has 2 heterocycles. The van der Waals surface area contributed by atoms with Crippen LogP contribution in [0.1, 0.15) is 64.4 Å². The van der Waals surface area contributed by atoms with Gasteiger partial charge in [-0.3, -0.25) is 4.79 Å². The maximum Gasteiger partial charge on any atom is 0.338 e. The standard InChI is InChI=1S/C26H28N4O3S/c1-5-21(24(31)30-25-20(13-27)19-11-6-14(2)12-22(19)34-25)33-26(32)18-9-7-17(8-10-18)23-28-15(3)16(4)29-23/h7-10,14,21H,5-6,11-12H2,1-4H3,(H,28,29)(H,30,31). The van der Waals surface area contributed by atoms with Gasteiger partial charge in [-0.2, -0.15) is 5.26 Å². The number of anilines is 1. The maximum atomic E-state index is 12.9. The Balaban J connectivity index is 1.44. The van der Waals surface area contributed by atoms with Gasteiger partial charge >= 0.3 is 5.97 Å². The zero-order valence-electron chi connectivity index (χ0n) is 19.8. The molecule has 2 N–H and O–H groups in total. The first-order chi connectivity index (χ1) is 16.3. The third-order valence-corrected chi connectivity index (χ3v) is 7.46. The van der Waals surface area contributed by atoms with E-state index < -0.39 is 18.0 Å². The molecule has 7 nitrogen and oxygen atoms in total. The lowest BCUT2D eigenvalue weighted by Crippen LogP contribution is -2.32. The van der Waals surface area contributed by atoms with Crippen molar-refractivity contribution in [1.29, 1.82) is 5.26 Å². The van der Waals surface area contributed by atoms with Crippen molar-refractivity contribution in [3.8, 4) is 17.5 Å². The predicted molar refractivity (Wildman–Crippen MR) is 132 cm³/mol. The quantitative estimate of drug-likeness (QED) is 0.468. The van der Waals surface area contributed by atoms with E-state index in [4.69, 9.17) is 4.74 Å². The smallest absolute Gasteiger partial charge is 0.338 e. The normalized spacial score (nSPS) is 15.8. The highest BCUT2D eigenvalue weighted by atomic mass is 32.1. The molecule has 1 amide bonds. The molecule has 2 aromatic heterocycles. The SMILES string of the molecule is CCC(OC(=O)c1ccc(-c2nc(C)c(C)[nH]2)cc1)C(=O)Nc1sc2c(c1C#N)CCC(C)C2. The summed E-state index contributed by atoms with van der Waals surface area (Å²) in [7, 11) is 0. The number of nitrogens with one attached hydrogen (secondary N) is 2. The minimum Gasteiger partial charge on any atom is -0.449 e. The van der Waals surface area contributed by atoms with Gasteiger partial charge in [-0.05, 0) is 63.1 Å². The average Bonchev–Trinajstić information content (AvgIpc) is 3.34. The van der Waals surface area contributed by atoms with Gasteiger partial charge in [-0.1, -0.05) is 26.0 Å². The van der Waals surface area contributed by atoms with Crippen LogP contribution in [0.4, 0.5) is 5.00 Å². The third kappa shape index (κ3) is 4.75. The number of fused-ring (bicyclic) bond motifs is 1. The van der Waals surface area contributed by atoms with E-state index in [1.807, 2.05) is 13.8 Å². The topological polar surface area (TPSA) is 108 Å². The number of carbonyl (C=O) groups excluding carboxylic acids is 2. The van der Waals surface area contributed by atoms with Crippen molar-refractivity contribution in [2.45, 2.75) is 59.5 Å². The number of esters is 1. The zero-order chi connectivity index (χ0) is 24.4. The van der Waals surface area contributed by atoms with Gasteiger partial charge in [0, 0.05) is 16.1 Å². The molecule has 4 rings (SSSR count). The van der Waals surface area contributed by atoms with Crippen LogP contribution >= 0.6 is 11.3 Å². The van der Waals surface area contributed by atoms with Crippen LogP contribution in [0, 0.1) is 31.1 Å². The Bertz CT molecular complexity index is 1250. The molecule has 2 unspecified atom stereocenters. The van der Waals surface area contributed by atoms with E-state index in [0.717, 1.165) is 52.5 Å². The maximum absolute atomic E-state index is 12.9. The van der Waals surface area contributed by atoms with E-state index in [1.165, 1.54) is 11.3 Å². The van der Waals surface area contributed by atoms with Crippen LogP contribution in [0.25, 0.3) is 11.4 Å². The lowest BCUT2D eigenvalue weighted by molar-refractivity contribution is -0.124. The summed E-state index contributed by atoms with van der Waals surface area (Å²) in [5, 5.41) is 13.1. The van der Waals surface area contributed by atoms with E-state index in [2.05, 4.69) is 28.3 Å². The highest BCUT2D eigenvalue weighted by molar-refractivity contribution is 7.16. The number of hydrogen-bond acceptors (Lipinski definition) is 6. The van der Waals surface area contributed by atoms with Gasteiger partial charge < -0.3 is 15.0 Å². The Labute approximate surface area is 203 Å². The number of H-pyrrole nitrogens is 1. The van der Waals surface area contributed by atoms with Gasteiger partial charge in [0.15, 0.2) is 6.10 Å². The summed E-state index contributed by atoms with van der Waals surface area (Å²) >= 11 is 1.46. The predicted octanol–water partition coefficient (Wildman–Crippen LogP) is 5.33. The summed E-state index contributed by atoms with van der Waals surface area (Å²) in [5.41, 5.74) is 4.73. The number of hydrogen-bond donors (Lipinski definition) is 2. The van der Waals surface area contributed by atoms with Gasteiger partial charge in [0.1, 0.15) is 16.9 Å². The molecule has 34 heavy (non-hydrogen) atoms. The molecule has 1 aliphatic carbocycles. The minimum atomic E-state index is -0.952. The van der Waals surface area contributed by atoms with Crippen LogP contribution in [0.3, 0.4) is 0 Å². The molecule has 0 fully saturated rings. The summed E-state index contributed by atoms with van der Waals surface area (Å²) in [6.45, 7) is 7.87. The molecule has 0 aliphatic heterocycles. The number of ether oxygens (including phenoxy) is 1. The van der Waals surface area contributed by atoms with Gasteiger partial charge in [0.25, 0.3) is 5.91 Å². The Morgan fingerprint density at radius 3 is 2.68 bits per heavy atom. The van der Waals surface area contributed by atoms with Gasteiger partial charge in [0.2, 0.25) is 0 Å². The minimum absolute atomic E-state index is 0.324. The average molecular weight is 477 g/mol. The molecule has 1 aromatic carbocycles. The largest absolute Gasteiger partial charge is 0.449 e. The number of aromatic nitrogens is 2. The van der Waals surface area contributed by atoms with Crippen molar-refractivity contribution in [1.82, 2.24) is 9.97 Å². The van der Waals surface area contributed by atoms with E-state index in [-0.39, 0.29) is 0 Å². The van der Waals surface area contributed by atoms with Crippen LogP contribution in [0.2, 0.25) is 0 Å². The first-order valence-corrected chi connectivity index (χ1v) is 12.3. The first kappa shape index (κ1) is 23.7. The molecule has 0 saturated carbocycles. The van der Waals surface area contributed by atoms with Crippen molar-refractivity contribution in [2.75, 3.05) is 5.32 Å². The van der Waals surface area contributed by atoms with Crippen molar-refractivity contribution in [2.24, 2.45) is 5.92 Å². The fraction of sp³-hybridized carbons (Fsp3) is 0.385. The number of amides is 1. The van der Waals surface area contributed by atoms with Crippen LogP contribution in [-0.2, 0) is 22.4 Å². The second kappa shape index (κ2) is 9.82. The third-order valence-electron chi connectivity index (χ3n) is 6.29. The number of benzene rings is 1. The van der Waals surface area contributed by atoms with E-state index in [1.54, 1.807) is 31.2 Å². The van der Waals surface area contributed by atoms with Gasteiger partial charge in [-0.15, -0.1) is 11.3 Å². The molecular formula is C26H28N4O3S. The van der Waals surface area contributed by atoms with Crippen molar-refractivity contribution >= 4 is 28.2 Å². The number of nitriles is 1. The molecule has 0 radical (unpaired) electrons. The number of thiophene rings is 1. The summed E-state index contributed by atoms with van der Waals surface area (Å²) < 4.78 is 5.53. The second-order valence-electron chi connectivity index (χ2n) is 8.83. The Morgan fingerprint density at radius 1 is 1.32 bits per heavy atom. The molecule has 0 spiro atoms. The molecule has 1 aliphatic rings. The number of nitrogens with zero attached hydrogens (tertiary/aromatic N) is 2. The molecule has 8 heteroatoms. The first-order valence-electron chi connectivity index (χ1n) is 11.5. The number of imidazole rings is 1. The highest BCUT2D eigenvalue weighted by Crippen LogP contribution is 2.39. The number of aromatic amines is 1. The van der Waals surface area contributed by atoms with E-state index >= 15 is 0 Å². The van der Waals surface area contributed by atoms with Crippen LogP contribution in [0.15, 0.2) is 24.3 Å². The second-order valence-corrected chi connectivity index (χ2v) is 9.94. The zero-order valence-corrected chi connectivity index (χ0v) is 20.6. The fourth-order valence-corrected chi connectivity index (χ4v) is 5.48. The summed E-state index contributed by atoms with van der Waals surface area (Å²) in [4.78, 5) is 34.5. The summed E-state index contributed by atoms with van der Waals surface area (Å²) in [6, 6.07) is 9.17. The Hall–Kier alpha value is -3.44. The molecule has 2 atom stereocenters. The van der Waals surface area contributed by atoms with Crippen molar-refractivity contribution in [3.05, 3.63) is 57.2 Å². The van der Waals surface area contributed by atoms with Crippen LogP contribution in [0.5, 0.6) is 0 Å². The number of carbonyl (C=O) groups is 2.